The molecule has 0 spiro atoms. The average Bonchev–Trinajstić information content (AvgIpc) is 3.16. The Morgan fingerprint density at radius 2 is 1.55 bits per heavy atom. The van der Waals surface area contributed by atoms with Gasteiger partial charge in [-0.15, -0.1) is 0 Å². The fourth-order valence-corrected chi connectivity index (χ4v) is 8.00. The van der Waals surface area contributed by atoms with E-state index in [1.54, 1.807) is 18.0 Å². The maximum atomic E-state index is 13.4. The highest BCUT2D eigenvalue weighted by Gasteiger charge is 2.31. The minimum Gasteiger partial charge on any atom is -0.371 e. The molecule has 1 aromatic rings. The summed E-state index contributed by atoms with van der Waals surface area (Å²) in [5.74, 6) is -0.0119. The molecule has 1 aromatic carbocycles. The molecule has 4 saturated heterocycles. The fourth-order valence-electron chi connectivity index (χ4n) is 8.00. The molecule has 4 aliphatic heterocycles. The summed E-state index contributed by atoms with van der Waals surface area (Å²) in [7, 11) is 1.68. The second kappa shape index (κ2) is 17.9. The van der Waals surface area contributed by atoms with Crippen LogP contribution in [0, 0.1) is 5.92 Å². The monoisotopic (exact) mass is 679 g/mol. The lowest BCUT2D eigenvalue weighted by atomic mass is 9.92. The first-order valence-electron chi connectivity index (χ1n) is 18.6. The largest absolute Gasteiger partial charge is 0.371 e. The zero-order valence-electron chi connectivity index (χ0n) is 29.7. The number of benzene rings is 1. The molecule has 1 N–H and O–H groups in total. The lowest BCUT2D eigenvalue weighted by molar-refractivity contribution is -0.125. The van der Waals surface area contributed by atoms with Gasteiger partial charge in [-0.1, -0.05) is 6.42 Å². The molecule has 0 radical (unpaired) electrons. The molecular formula is C37H57N7O5. The Morgan fingerprint density at radius 3 is 2.20 bits per heavy atom. The number of carbonyl (C=O) groups excluding carboxylic acids is 5. The van der Waals surface area contributed by atoms with E-state index in [2.05, 4.69) is 29.8 Å². The summed E-state index contributed by atoms with van der Waals surface area (Å²) in [5, 5.41) is 2.12. The summed E-state index contributed by atoms with van der Waals surface area (Å²) < 4.78 is 0. The highest BCUT2D eigenvalue weighted by atomic mass is 16.2. The molecule has 1 atom stereocenters. The second-order valence-corrected chi connectivity index (χ2v) is 14.5. The number of carbonyl (C=O) groups is 5. The van der Waals surface area contributed by atoms with Crippen LogP contribution in [0.3, 0.4) is 0 Å². The van der Waals surface area contributed by atoms with Gasteiger partial charge in [-0.05, 0) is 102 Å². The molecular weight excluding hydrogens is 622 g/mol. The molecule has 4 heterocycles. The van der Waals surface area contributed by atoms with E-state index < -0.39 is 0 Å². The smallest absolute Gasteiger partial charge is 0.320 e. The summed E-state index contributed by atoms with van der Waals surface area (Å²) in [6, 6.07) is 6.11. The van der Waals surface area contributed by atoms with Gasteiger partial charge in [0.15, 0.2) is 6.29 Å². The van der Waals surface area contributed by atoms with E-state index in [4.69, 9.17) is 0 Å². The number of nitrogens with one attached hydrogen (secondary N) is 1. The van der Waals surface area contributed by atoms with Gasteiger partial charge in [-0.3, -0.25) is 29.4 Å². The van der Waals surface area contributed by atoms with E-state index in [9.17, 15) is 24.0 Å². The van der Waals surface area contributed by atoms with E-state index in [1.807, 2.05) is 19.1 Å². The van der Waals surface area contributed by atoms with Crippen LogP contribution >= 0.6 is 0 Å². The molecule has 12 nitrogen and oxygen atoms in total. The molecule has 4 aliphatic rings. The van der Waals surface area contributed by atoms with Crippen LogP contribution in [0.25, 0.3) is 0 Å². The number of anilines is 1. The van der Waals surface area contributed by atoms with Crippen molar-refractivity contribution < 1.29 is 24.0 Å². The van der Waals surface area contributed by atoms with Crippen LogP contribution in [0.1, 0.15) is 91.8 Å². The molecule has 5 amide bonds. The molecule has 5 rings (SSSR count). The van der Waals surface area contributed by atoms with Crippen LogP contribution in [-0.2, 0) is 9.59 Å². The van der Waals surface area contributed by atoms with Crippen molar-refractivity contribution in [1.82, 2.24) is 29.8 Å². The number of amides is 5. The van der Waals surface area contributed by atoms with Crippen molar-refractivity contribution in [2.45, 2.75) is 83.2 Å². The number of hydrogen-bond acceptors (Lipinski definition) is 8. The summed E-state index contributed by atoms with van der Waals surface area (Å²) >= 11 is 0. The van der Waals surface area contributed by atoms with Gasteiger partial charge in [0.2, 0.25) is 12.3 Å². The number of urea groups is 1. The number of likely N-dealkylation sites (tertiary alicyclic amines) is 2. The first-order chi connectivity index (χ1) is 23.8. The third-order valence-corrected chi connectivity index (χ3v) is 11.5. The Kier molecular flexibility index (Phi) is 13.5. The number of imide groups is 1. The van der Waals surface area contributed by atoms with Crippen molar-refractivity contribution in [3.63, 3.8) is 0 Å². The maximum absolute atomic E-state index is 13.4. The summed E-state index contributed by atoms with van der Waals surface area (Å²) in [4.78, 5) is 73.9. The molecule has 49 heavy (non-hydrogen) atoms. The first kappa shape index (κ1) is 36.8. The van der Waals surface area contributed by atoms with Gasteiger partial charge < -0.3 is 24.5 Å². The standard InChI is InChI=1S/C37H57N7O5/c1-29(6-9-35(47)38-28-46)39(2)36(48)34-26-33(8-7-31(34)27-45)42-18-11-30(12-19-42)10-17-40-22-24-44(25-23-40)37(49)43-20-13-32(14-21-43)41-15-4-3-5-16-41/h7-8,26-30,32H,3-6,9-25H2,1-2H3,(H,38,46,47). The number of piperidine rings is 3. The molecule has 0 aromatic heterocycles. The highest BCUT2D eigenvalue weighted by molar-refractivity contribution is 6.02. The zero-order valence-corrected chi connectivity index (χ0v) is 29.7. The van der Waals surface area contributed by atoms with Crippen LogP contribution in [-0.4, -0.2) is 146 Å². The van der Waals surface area contributed by atoms with Gasteiger partial charge in [0.05, 0.1) is 5.56 Å². The Bertz CT molecular complexity index is 1280. The van der Waals surface area contributed by atoms with Crippen molar-refractivity contribution in [3.05, 3.63) is 29.3 Å². The fraction of sp³-hybridized carbons (Fsp3) is 0.703. The Morgan fingerprint density at radius 1 is 0.878 bits per heavy atom. The van der Waals surface area contributed by atoms with Gasteiger partial charge >= 0.3 is 6.03 Å². The van der Waals surface area contributed by atoms with E-state index in [0.29, 0.717) is 42.2 Å². The minimum atomic E-state index is -0.384. The van der Waals surface area contributed by atoms with Gasteiger partial charge in [-0.2, -0.15) is 0 Å². The molecule has 0 bridgehead atoms. The van der Waals surface area contributed by atoms with Gasteiger partial charge in [0, 0.05) is 89.2 Å². The van der Waals surface area contributed by atoms with Crippen molar-refractivity contribution >= 4 is 36.2 Å². The molecule has 0 aliphatic carbocycles. The highest BCUT2D eigenvalue weighted by Crippen LogP contribution is 2.28. The number of hydrogen-bond donors (Lipinski definition) is 1. The van der Waals surface area contributed by atoms with Crippen LogP contribution < -0.4 is 10.2 Å². The number of piperazine rings is 1. The van der Waals surface area contributed by atoms with Gasteiger partial charge in [0.1, 0.15) is 0 Å². The van der Waals surface area contributed by atoms with Crippen LogP contribution in [0.4, 0.5) is 10.5 Å². The Labute approximate surface area is 292 Å². The molecule has 12 heteroatoms. The lowest BCUT2D eigenvalue weighted by Crippen LogP contribution is -2.55. The normalized spacial score (nSPS) is 20.9. The zero-order chi connectivity index (χ0) is 34.8. The molecule has 270 valence electrons. The predicted molar refractivity (Wildman–Crippen MR) is 190 cm³/mol. The van der Waals surface area contributed by atoms with E-state index >= 15 is 0 Å². The van der Waals surface area contributed by atoms with Gasteiger partial charge in [0.25, 0.3) is 5.91 Å². The van der Waals surface area contributed by atoms with Crippen molar-refractivity contribution in [3.8, 4) is 0 Å². The number of rotatable bonds is 12. The van der Waals surface area contributed by atoms with E-state index in [1.165, 1.54) is 32.4 Å². The van der Waals surface area contributed by atoms with Gasteiger partial charge in [-0.25, -0.2) is 4.79 Å². The second-order valence-electron chi connectivity index (χ2n) is 14.5. The van der Waals surface area contributed by atoms with Crippen molar-refractivity contribution in [2.75, 3.05) is 83.9 Å². The van der Waals surface area contributed by atoms with E-state index in [-0.39, 0.29) is 30.3 Å². The first-order valence-corrected chi connectivity index (χ1v) is 18.6. The molecule has 1 unspecified atom stereocenters. The Balaban J connectivity index is 1.02. The number of nitrogens with zero attached hydrogens (tertiary/aromatic N) is 6. The predicted octanol–water partition coefficient (Wildman–Crippen LogP) is 3.31. The van der Waals surface area contributed by atoms with Crippen molar-refractivity contribution in [2.24, 2.45) is 5.92 Å². The third-order valence-electron chi connectivity index (χ3n) is 11.5. The third kappa shape index (κ3) is 9.81. The average molecular weight is 680 g/mol. The van der Waals surface area contributed by atoms with Crippen LogP contribution in [0.15, 0.2) is 18.2 Å². The summed E-state index contributed by atoms with van der Waals surface area (Å²) in [5.41, 5.74) is 1.65. The van der Waals surface area contributed by atoms with Crippen molar-refractivity contribution in [1.29, 1.82) is 0 Å². The quantitative estimate of drug-likeness (QED) is 0.335. The molecule has 4 fully saturated rings. The summed E-state index contributed by atoms with van der Waals surface area (Å²) in [6.07, 6.45) is 11.1. The lowest BCUT2D eigenvalue weighted by Gasteiger charge is -2.43. The topological polar surface area (TPSA) is 117 Å². The molecule has 0 saturated carbocycles. The SMILES string of the molecule is CC(CCC(=O)NC=O)N(C)C(=O)c1cc(N2CCC(CCN3CCN(C(=O)N4CCC(N5CCCCC5)CC4)CC3)CC2)ccc1C=O. The number of aldehydes is 1. The van der Waals surface area contributed by atoms with E-state index in [0.717, 1.165) is 96.7 Å². The minimum absolute atomic E-state index is 0.126. The van der Waals surface area contributed by atoms with Crippen LogP contribution in [0.2, 0.25) is 0 Å². The Hall–Kier alpha value is -3.51. The van der Waals surface area contributed by atoms with Crippen LogP contribution in [0.5, 0.6) is 0 Å². The summed E-state index contributed by atoms with van der Waals surface area (Å²) in [6.45, 7) is 12.4. The maximum Gasteiger partial charge on any atom is 0.320 e.